The van der Waals surface area contributed by atoms with Gasteiger partial charge in [0, 0.05) is 30.1 Å². The van der Waals surface area contributed by atoms with Gasteiger partial charge in [-0.15, -0.1) is 11.3 Å². The summed E-state index contributed by atoms with van der Waals surface area (Å²) in [5.41, 5.74) is 1.18. The lowest BCUT2D eigenvalue weighted by atomic mass is 9.80. The van der Waals surface area contributed by atoms with E-state index in [9.17, 15) is 4.79 Å². The first kappa shape index (κ1) is 16.4. The average molecular weight is 310 g/mol. The molecule has 2 atom stereocenters. The molecule has 118 valence electrons. The van der Waals surface area contributed by atoms with Crippen LogP contribution in [0.15, 0.2) is 4.99 Å². The summed E-state index contributed by atoms with van der Waals surface area (Å²) >= 11 is 1.60. The molecule has 0 aromatic carbocycles. The van der Waals surface area contributed by atoms with Gasteiger partial charge in [0.05, 0.1) is 6.61 Å². The van der Waals surface area contributed by atoms with Crippen molar-refractivity contribution in [2.24, 2.45) is 16.8 Å². The Morgan fingerprint density at radius 1 is 1.38 bits per heavy atom. The molecule has 2 unspecified atom stereocenters. The van der Waals surface area contributed by atoms with E-state index in [0.717, 1.165) is 30.6 Å². The Hall–Kier alpha value is -0.940. The standard InChI is InChI=1S/C16H26N2O2S/c1-11-7-5-6-8-14(11)15(19)17-16-18(9-10-20-4)12(2)13(3)21-16/h11,14H,5-10H2,1-4H3/b17-16-. The quantitative estimate of drug-likeness (QED) is 0.858. The second kappa shape index (κ2) is 7.36. The van der Waals surface area contributed by atoms with E-state index in [4.69, 9.17) is 4.74 Å². The highest BCUT2D eigenvalue weighted by atomic mass is 32.1. The third kappa shape index (κ3) is 3.83. The Kier molecular flexibility index (Phi) is 5.76. The van der Waals surface area contributed by atoms with Crippen molar-refractivity contribution in [2.45, 2.75) is 53.0 Å². The molecule has 1 aliphatic carbocycles. The van der Waals surface area contributed by atoms with Crippen molar-refractivity contribution in [3.8, 4) is 0 Å². The average Bonchev–Trinajstić information content (AvgIpc) is 2.72. The van der Waals surface area contributed by atoms with Crippen molar-refractivity contribution in [1.82, 2.24) is 4.57 Å². The second-order valence-electron chi connectivity index (χ2n) is 5.99. The molecule has 1 saturated carbocycles. The van der Waals surface area contributed by atoms with Gasteiger partial charge in [0.25, 0.3) is 5.91 Å². The molecule has 0 aliphatic heterocycles. The summed E-state index contributed by atoms with van der Waals surface area (Å²) in [5.74, 6) is 0.636. The summed E-state index contributed by atoms with van der Waals surface area (Å²) in [7, 11) is 1.70. The number of methoxy groups -OCH3 is 1. The molecule has 21 heavy (non-hydrogen) atoms. The van der Waals surface area contributed by atoms with Gasteiger partial charge in [-0.25, -0.2) is 0 Å². The molecule has 1 amide bonds. The molecule has 0 saturated heterocycles. The fraction of sp³-hybridized carbons (Fsp3) is 0.750. The number of aryl methyl sites for hydroxylation is 1. The predicted molar refractivity (Wildman–Crippen MR) is 85.4 cm³/mol. The fourth-order valence-electron chi connectivity index (χ4n) is 2.99. The van der Waals surface area contributed by atoms with Crippen LogP contribution < -0.4 is 4.80 Å². The van der Waals surface area contributed by atoms with Crippen molar-refractivity contribution >= 4 is 17.2 Å². The van der Waals surface area contributed by atoms with Crippen molar-refractivity contribution in [3.05, 3.63) is 15.4 Å². The number of carbonyl (C=O) groups excluding carboxylic acids is 1. The van der Waals surface area contributed by atoms with Crippen LogP contribution in [0, 0.1) is 25.7 Å². The van der Waals surface area contributed by atoms with Gasteiger partial charge in [-0.2, -0.15) is 4.99 Å². The summed E-state index contributed by atoms with van der Waals surface area (Å²) in [6.45, 7) is 7.72. The first-order valence-corrected chi connectivity index (χ1v) is 8.60. The molecule has 1 aromatic rings. The zero-order valence-corrected chi connectivity index (χ0v) is 14.3. The zero-order valence-electron chi connectivity index (χ0n) is 13.5. The molecule has 1 heterocycles. The van der Waals surface area contributed by atoms with E-state index in [0.29, 0.717) is 12.5 Å². The van der Waals surface area contributed by atoms with Crippen molar-refractivity contribution < 1.29 is 9.53 Å². The van der Waals surface area contributed by atoms with E-state index < -0.39 is 0 Å². The molecule has 1 aliphatic rings. The number of thiazole rings is 1. The van der Waals surface area contributed by atoms with Crippen LogP contribution in [0.1, 0.15) is 43.2 Å². The first-order chi connectivity index (χ1) is 10.0. The van der Waals surface area contributed by atoms with Crippen LogP contribution in [0.3, 0.4) is 0 Å². The monoisotopic (exact) mass is 310 g/mol. The van der Waals surface area contributed by atoms with Gasteiger partial charge in [-0.1, -0.05) is 19.8 Å². The Morgan fingerprint density at radius 3 is 2.76 bits per heavy atom. The van der Waals surface area contributed by atoms with E-state index in [1.165, 1.54) is 17.0 Å². The lowest BCUT2D eigenvalue weighted by molar-refractivity contribution is -0.124. The Bertz CT molecular complexity index is 559. The van der Waals surface area contributed by atoms with Crippen LogP contribution >= 0.6 is 11.3 Å². The Morgan fingerprint density at radius 2 is 2.10 bits per heavy atom. The minimum absolute atomic E-state index is 0.0645. The van der Waals surface area contributed by atoms with E-state index in [2.05, 4.69) is 30.3 Å². The maximum Gasteiger partial charge on any atom is 0.251 e. The number of amides is 1. The maximum absolute atomic E-state index is 12.5. The topological polar surface area (TPSA) is 43.6 Å². The van der Waals surface area contributed by atoms with Gasteiger partial charge in [-0.3, -0.25) is 4.79 Å². The van der Waals surface area contributed by atoms with Crippen LogP contribution in [0.5, 0.6) is 0 Å². The van der Waals surface area contributed by atoms with E-state index in [-0.39, 0.29) is 11.8 Å². The van der Waals surface area contributed by atoms with Crippen LogP contribution in [0.4, 0.5) is 0 Å². The molecule has 0 bridgehead atoms. The van der Waals surface area contributed by atoms with Gasteiger partial charge < -0.3 is 9.30 Å². The molecule has 0 radical (unpaired) electrons. The number of hydrogen-bond acceptors (Lipinski definition) is 3. The van der Waals surface area contributed by atoms with Crippen molar-refractivity contribution in [3.63, 3.8) is 0 Å². The zero-order chi connectivity index (χ0) is 15.4. The number of rotatable bonds is 4. The first-order valence-electron chi connectivity index (χ1n) is 7.79. The lowest BCUT2D eigenvalue weighted by Crippen LogP contribution is -2.27. The normalized spacial score (nSPS) is 23.5. The highest BCUT2D eigenvalue weighted by Gasteiger charge is 2.27. The summed E-state index contributed by atoms with van der Waals surface area (Å²) in [5, 5.41) is 0. The van der Waals surface area contributed by atoms with E-state index in [1.54, 1.807) is 18.4 Å². The summed E-state index contributed by atoms with van der Waals surface area (Å²) in [4.78, 5) is 19.0. The maximum atomic E-state index is 12.5. The predicted octanol–water partition coefficient (Wildman–Crippen LogP) is 3.07. The summed E-state index contributed by atoms with van der Waals surface area (Å²) in [6.07, 6.45) is 4.54. The lowest BCUT2D eigenvalue weighted by Gasteiger charge is -2.25. The minimum Gasteiger partial charge on any atom is -0.383 e. The SMILES string of the molecule is COCCn1c(C)c(C)s/c1=N\C(=O)C1CCCCC1C. The number of hydrogen-bond donors (Lipinski definition) is 0. The molecular formula is C16H26N2O2S. The minimum atomic E-state index is 0.0645. The number of ether oxygens (including phenoxy) is 1. The van der Waals surface area contributed by atoms with Crippen LogP contribution in [-0.4, -0.2) is 24.2 Å². The number of nitrogens with zero attached hydrogens (tertiary/aromatic N) is 2. The molecule has 0 N–H and O–H groups in total. The molecule has 4 nitrogen and oxygen atoms in total. The Balaban J connectivity index is 2.27. The van der Waals surface area contributed by atoms with Crippen LogP contribution in [0.2, 0.25) is 0 Å². The molecule has 0 spiro atoms. The Labute approximate surface area is 130 Å². The highest BCUT2D eigenvalue weighted by molar-refractivity contribution is 7.09. The third-order valence-corrected chi connectivity index (χ3v) is 5.64. The van der Waals surface area contributed by atoms with Gasteiger partial charge in [0.2, 0.25) is 0 Å². The number of aromatic nitrogens is 1. The van der Waals surface area contributed by atoms with Crippen molar-refractivity contribution in [2.75, 3.05) is 13.7 Å². The fourth-order valence-corrected chi connectivity index (χ4v) is 3.99. The van der Waals surface area contributed by atoms with Crippen LogP contribution in [0.25, 0.3) is 0 Å². The van der Waals surface area contributed by atoms with Crippen molar-refractivity contribution in [1.29, 1.82) is 0 Å². The molecule has 1 fully saturated rings. The van der Waals surface area contributed by atoms with Gasteiger partial charge in [0.15, 0.2) is 4.80 Å². The van der Waals surface area contributed by atoms with Gasteiger partial charge >= 0.3 is 0 Å². The van der Waals surface area contributed by atoms with Gasteiger partial charge in [0.1, 0.15) is 0 Å². The van der Waals surface area contributed by atoms with E-state index in [1.807, 2.05) is 0 Å². The second-order valence-corrected chi connectivity index (χ2v) is 7.17. The molecule has 5 heteroatoms. The molecule has 1 aromatic heterocycles. The van der Waals surface area contributed by atoms with Gasteiger partial charge in [-0.05, 0) is 32.6 Å². The molecule has 2 rings (SSSR count). The summed E-state index contributed by atoms with van der Waals surface area (Å²) < 4.78 is 7.27. The van der Waals surface area contributed by atoms with Crippen LogP contribution in [-0.2, 0) is 16.1 Å². The highest BCUT2D eigenvalue weighted by Crippen LogP contribution is 2.30. The molecular weight excluding hydrogens is 284 g/mol. The third-order valence-electron chi connectivity index (χ3n) is 4.54. The summed E-state index contributed by atoms with van der Waals surface area (Å²) in [6, 6.07) is 0. The van der Waals surface area contributed by atoms with E-state index >= 15 is 0 Å². The largest absolute Gasteiger partial charge is 0.383 e. The smallest absolute Gasteiger partial charge is 0.251 e. The number of carbonyl (C=O) groups is 1.